The van der Waals surface area contributed by atoms with Crippen LogP contribution in [-0.2, 0) is 0 Å². The fourth-order valence-electron chi connectivity index (χ4n) is 3.30. The van der Waals surface area contributed by atoms with Crippen LogP contribution in [-0.4, -0.2) is 35.3 Å². The van der Waals surface area contributed by atoms with E-state index in [0.29, 0.717) is 12.1 Å². The summed E-state index contributed by atoms with van der Waals surface area (Å²) in [7, 11) is 0. The average molecular weight is 299 g/mol. The van der Waals surface area contributed by atoms with Crippen LogP contribution in [0, 0.1) is 0 Å². The van der Waals surface area contributed by atoms with E-state index in [1.54, 1.807) is 0 Å². The van der Waals surface area contributed by atoms with Gasteiger partial charge < -0.3 is 15.7 Å². The van der Waals surface area contributed by atoms with Gasteiger partial charge in [-0.3, -0.25) is 4.98 Å². The van der Waals surface area contributed by atoms with E-state index < -0.39 is 0 Å². The second kappa shape index (κ2) is 7.56. The molecule has 4 heteroatoms. The van der Waals surface area contributed by atoms with E-state index in [1.165, 1.54) is 42.1 Å². The normalized spacial score (nSPS) is 21.9. The molecule has 0 amide bonds. The Morgan fingerprint density at radius 1 is 1.09 bits per heavy atom. The highest BCUT2D eigenvalue weighted by Gasteiger charge is 2.20. The van der Waals surface area contributed by atoms with Gasteiger partial charge in [-0.1, -0.05) is 12.1 Å². The number of nitrogens with one attached hydrogen (secondary N) is 2. The highest BCUT2D eigenvalue weighted by atomic mass is 16.3. The number of fused-ring (bicyclic) bond motifs is 1. The van der Waals surface area contributed by atoms with Crippen molar-refractivity contribution in [3.63, 3.8) is 0 Å². The SMILES string of the molecule is OCCCNC1CCC(Nc2cccc3cnccc23)CC1. The number of hydrogen-bond acceptors (Lipinski definition) is 4. The van der Waals surface area contributed by atoms with Gasteiger partial charge in [-0.25, -0.2) is 0 Å². The summed E-state index contributed by atoms with van der Waals surface area (Å²) in [6, 6.07) is 9.60. The van der Waals surface area contributed by atoms with Crippen LogP contribution in [0.2, 0.25) is 0 Å². The minimum atomic E-state index is 0.278. The summed E-state index contributed by atoms with van der Waals surface area (Å²) >= 11 is 0. The Labute approximate surface area is 132 Å². The second-order valence-electron chi connectivity index (χ2n) is 6.13. The van der Waals surface area contributed by atoms with Crippen LogP contribution < -0.4 is 10.6 Å². The number of benzene rings is 1. The van der Waals surface area contributed by atoms with Gasteiger partial charge in [-0.2, -0.15) is 0 Å². The molecule has 1 saturated carbocycles. The molecule has 1 aliphatic rings. The van der Waals surface area contributed by atoms with E-state index in [0.717, 1.165) is 13.0 Å². The molecule has 3 N–H and O–H groups in total. The van der Waals surface area contributed by atoms with Gasteiger partial charge in [-0.05, 0) is 50.8 Å². The van der Waals surface area contributed by atoms with Gasteiger partial charge in [0.15, 0.2) is 0 Å². The number of aliphatic hydroxyl groups is 1. The third-order valence-electron chi connectivity index (χ3n) is 4.54. The zero-order chi connectivity index (χ0) is 15.2. The number of rotatable bonds is 6. The van der Waals surface area contributed by atoms with Crippen molar-refractivity contribution in [3.05, 3.63) is 36.7 Å². The highest BCUT2D eigenvalue weighted by molar-refractivity contribution is 5.93. The summed E-state index contributed by atoms with van der Waals surface area (Å²) < 4.78 is 0. The molecule has 0 aliphatic heterocycles. The lowest BCUT2D eigenvalue weighted by Gasteiger charge is -2.30. The first kappa shape index (κ1) is 15.3. The molecule has 1 aliphatic carbocycles. The molecule has 4 nitrogen and oxygen atoms in total. The van der Waals surface area contributed by atoms with E-state index in [1.807, 2.05) is 12.4 Å². The second-order valence-corrected chi connectivity index (χ2v) is 6.13. The van der Waals surface area contributed by atoms with E-state index in [9.17, 15) is 0 Å². The minimum Gasteiger partial charge on any atom is -0.396 e. The molecule has 1 heterocycles. The average Bonchev–Trinajstić information content (AvgIpc) is 2.57. The Bertz CT molecular complexity index is 588. The van der Waals surface area contributed by atoms with Crippen molar-refractivity contribution in [1.82, 2.24) is 10.3 Å². The Balaban J connectivity index is 1.56. The molecular weight excluding hydrogens is 274 g/mol. The number of anilines is 1. The zero-order valence-electron chi connectivity index (χ0n) is 13.0. The first-order valence-corrected chi connectivity index (χ1v) is 8.30. The maximum atomic E-state index is 8.83. The molecule has 3 rings (SSSR count). The molecule has 1 aromatic carbocycles. The number of nitrogens with zero attached hydrogens (tertiary/aromatic N) is 1. The van der Waals surface area contributed by atoms with Crippen LogP contribution in [0.5, 0.6) is 0 Å². The van der Waals surface area contributed by atoms with E-state index in [-0.39, 0.29) is 6.61 Å². The minimum absolute atomic E-state index is 0.278. The van der Waals surface area contributed by atoms with E-state index in [4.69, 9.17) is 5.11 Å². The first-order valence-electron chi connectivity index (χ1n) is 8.30. The molecule has 1 fully saturated rings. The molecule has 0 unspecified atom stereocenters. The molecular formula is C18H25N3O. The van der Waals surface area contributed by atoms with Crippen LogP contribution in [0.4, 0.5) is 5.69 Å². The van der Waals surface area contributed by atoms with Crippen LogP contribution >= 0.6 is 0 Å². The van der Waals surface area contributed by atoms with Gasteiger partial charge in [0.25, 0.3) is 0 Å². The molecule has 0 bridgehead atoms. The highest BCUT2D eigenvalue weighted by Crippen LogP contribution is 2.27. The molecule has 0 spiro atoms. The Kier molecular flexibility index (Phi) is 5.24. The predicted molar refractivity (Wildman–Crippen MR) is 91.1 cm³/mol. The van der Waals surface area contributed by atoms with Crippen molar-refractivity contribution < 1.29 is 5.11 Å². The fourth-order valence-corrected chi connectivity index (χ4v) is 3.30. The summed E-state index contributed by atoms with van der Waals surface area (Å²) in [5.74, 6) is 0. The molecule has 2 aromatic rings. The van der Waals surface area contributed by atoms with Gasteiger partial charge in [0.1, 0.15) is 0 Å². The van der Waals surface area contributed by atoms with Crippen LogP contribution in [0.3, 0.4) is 0 Å². The van der Waals surface area contributed by atoms with E-state index >= 15 is 0 Å². The van der Waals surface area contributed by atoms with Crippen molar-refractivity contribution in [2.24, 2.45) is 0 Å². The third-order valence-corrected chi connectivity index (χ3v) is 4.54. The summed E-state index contributed by atoms with van der Waals surface area (Å²) in [4.78, 5) is 4.19. The van der Waals surface area contributed by atoms with Crippen molar-refractivity contribution in [2.45, 2.75) is 44.2 Å². The molecule has 118 valence electrons. The lowest BCUT2D eigenvalue weighted by atomic mass is 9.90. The summed E-state index contributed by atoms with van der Waals surface area (Å²) in [5, 5.41) is 18.5. The fraction of sp³-hybridized carbons (Fsp3) is 0.500. The van der Waals surface area contributed by atoms with Gasteiger partial charge in [0.2, 0.25) is 0 Å². The Morgan fingerprint density at radius 3 is 2.73 bits per heavy atom. The third kappa shape index (κ3) is 3.76. The van der Waals surface area contributed by atoms with Crippen molar-refractivity contribution in [1.29, 1.82) is 0 Å². The number of aliphatic hydroxyl groups excluding tert-OH is 1. The quantitative estimate of drug-likeness (QED) is 0.718. The van der Waals surface area contributed by atoms with E-state index in [2.05, 4.69) is 39.9 Å². The summed E-state index contributed by atoms with van der Waals surface area (Å²) in [5.41, 5.74) is 1.22. The van der Waals surface area contributed by atoms with Crippen LogP contribution in [0.15, 0.2) is 36.7 Å². The maximum absolute atomic E-state index is 8.83. The number of hydrogen-bond donors (Lipinski definition) is 3. The lowest BCUT2D eigenvalue weighted by Crippen LogP contribution is -2.37. The lowest BCUT2D eigenvalue weighted by molar-refractivity contribution is 0.276. The number of aromatic nitrogens is 1. The van der Waals surface area contributed by atoms with Crippen molar-refractivity contribution in [3.8, 4) is 0 Å². The molecule has 0 atom stereocenters. The predicted octanol–water partition coefficient (Wildman–Crippen LogP) is 2.93. The number of pyridine rings is 1. The summed E-state index contributed by atoms with van der Waals surface area (Å²) in [6.45, 7) is 1.20. The standard InChI is InChI=1S/C18H25N3O/c22-12-2-10-20-15-5-7-16(8-6-15)21-18-4-1-3-14-13-19-11-9-17(14)18/h1,3-4,9,11,13,15-16,20-22H,2,5-8,10,12H2. The van der Waals surface area contributed by atoms with Gasteiger partial charge in [-0.15, -0.1) is 0 Å². The Hall–Kier alpha value is -1.65. The Morgan fingerprint density at radius 2 is 1.91 bits per heavy atom. The molecule has 0 radical (unpaired) electrons. The largest absolute Gasteiger partial charge is 0.396 e. The summed E-state index contributed by atoms with van der Waals surface area (Å²) in [6.07, 6.45) is 9.42. The van der Waals surface area contributed by atoms with Crippen molar-refractivity contribution in [2.75, 3.05) is 18.5 Å². The maximum Gasteiger partial charge on any atom is 0.0443 e. The van der Waals surface area contributed by atoms with Gasteiger partial charge >= 0.3 is 0 Å². The molecule has 22 heavy (non-hydrogen) atoms. The smallest absolute Gasteiger partial charge is 0.0443 e. The van der Waals surface area contributed by atoms with Crippen molar-refractivity contribution >= 4 is 16.5 Å². The van der Waals surface area contributed by atoms with Gasteiger partial charge in [0.05, 0.1) is 0 Å². The zero-order valence-corrected chi connectivity index (χ0v) is 13.0. The molecule has 1 aromatic heterocycles. The van der Waals surface area contributed by atoms with Gasteiger partial charge in [0, 0.05) is 47.5 Å². The van der Waals surface area contributed by atoms with Crippen LogP contribution in [0.1, 0.15) is 32.1 Å². The molecule has 0 saturated heterocycles. The monoisotopic (exact) mass is 299 g/mol. The first-order chi connectivity index (χ1) is 10.9. The van der Waals surface area contributed by atoms with Crippen LogP contribution in [0.25, 0.3) is 10.8 Å². The topological polar surface area (TPSA) is 57.2 Å².